The summed E-state index contributed by atoms with van der Waals surface area (Å²) in [6, 6.07) is 0. The van der Waals surface area contributed by atoms with Gasteiger partial charge in [0.15, 0.2) is 0 Å². The van der Waals surface area contributed by atoms with Gasteiger partial charge in [-0.1, -0.05) is 6.92 Å². The fourth-order valence-electron chi connectivity index (χ4n) is 1.13. The molecule has 3 heteroatoms. The molecule has 0 aliphatic heterocycles. The number of hydrogen-bond acceptors (Lipinski definition) is 1. The van der Waals surface area contributed by atoms with E-state index in [4.69, 9.17) is 0 Å². The average molecular weight is 173 g/mol. The zero-order valence-electron chi connectivity index (χ0n) is 8.47. The van der Waals surface area contributed by atoms with E-state index in [0.29, 0.717) is 6.42 Å². The van der Waals surface area contributed by atoms with Crippen LogP contribution in [0.3, 0.4) is 0 Å². The van der Waals surface area contributed by atoms with Crippen LogP contribution in [0.15, 0.2) is 0 Å². The summed E-state index contributed by atoms with van der Waals surface area (Å²) >= 11 is 0. The van der Waals surface area contributed by atoms with E-state index in [9.17, 15) is 4.79 Å². The number of hydrogen-bond donors (Lipinski definition) is 1. The summed E-state index contributed by atoms with van der Waals surface area (Å²) in [5, 5.41) is 2.21. The summed E-state index contributed by atoms with van der Waals surface area (Å²) in [7, 11) is 0. The first kappa shape index (κ1) is 11.4. The van der Waals surface area contributed by atoms with E-state index in [1.165, 1.54) is 0 Å². The molecule has 0 aromatic heterocycles. The van der Waals surface area contributed by atoms with E-state index < -0.39 is 0 Å². The fraction of sp³-hybridized carbons (Fsp3) is 0.889. The van der Waals surface area contributed by atoms with Gasteiger partial charge in [0.1, 0.15) is 0 Å². The van der Waals surface area contributed by atoms with Gasteiger partial charge in [0.2, 0.25) is 5.91 Å². The third kappa shape index (κ3) is 4.34. The predicted molar refractivity (Wildman–Crippen MR) is 49.9 cm³/mol. The van der Waals surface area contributed by atoms with Gasteiger partial charge in [-0.05, 0) is 13.8 Å². The van der Waals surface area contributed by atoms with Gasteiger partial charge in [-0.15, -0.1) is 0 Å². The second-order valence-electron chi connectivity index (χ2n) is 2.81. The first-order valence-electron chi connectivity index (χ1n) is 4.85. The summed E-state index contributed by atoms with van der Waals surface area (Å²) in [6.07, 6.45) is 0.625. The molecule has 3 nitrogen and oxygen atoms in total. The van der Waals surface area contributed by atoms with Gasteiger partial charge in [0.25, 0.3) is 0 Å². The molecule has 0 aliphatic carbocycles. The van der Waals surface area contributed by atoms with Crippen LogP contribution in [-0.2, 0) is 4.79 Å². The summed E-state index contributed by atoms with van der Waals surface area (Å²) in [6.45, 7) is 9.90. The lowest BCUT2D eigenvalue weighted by Crippen LogP contribution is -2.85. The smallest absolute Gasteiger partial charge is 0.222 e. The summed E-state index contributed by atoms with van der Waals surface area (Å²) in [5.74, 6) is 0.266. The maximum absolute atomic E-state index is 11.2. The second kappa shape index (κ2) is 7.10. The van der Waals surface area contributed by atoms with E-state index in [0.717, 1.165) is 26.2 Å². The van der Waals surface area contributed by atoms with Crippen LogP contribution in [0.4, 0.5) is 0 Å². The molecule has 0 fully saturated rings. The monoisotopic (exact) mass is 173 g/mol. The minimum atomic E-state index is 0.266. The van der Waals surface area contributed by atoms with Crippen molar-refractivity contribution in [2.75, 3.05) is 26.2 Å². The van der Waals surface area contributed by atoms with Crippen molar-refractivity contribution < 1.29 is 10.1 Å². The third-order valence-corrected chi connectivity index (χ3v) is 1.93. The zero-order chi connectivity index (χ0) is 9.40. The van der Waals surface area contributed by atoms with Gasteiger partial charge in [0.05, 0.1) is 19.6 Å². The lowest BCUT2D eigenvalue weighted by atomic mass is 10.4. The first-order valence-corrected chi connectivity index (χ1v) is 4.85. The van der Waals surface area contributed by atoms with Crippen LogP contribution in [0.1, 0.15) is 27.2 Å². The molecular formula is C9H21N2O+. The highest BCUT2D eigenvalue weighted by molar-refractivity contribution is 5.75. The summed E-state index contributed by atoms with van der Waals surface area (Å²) in [5.41, 5.74) is 0. The van der Waals surface area contributed by atoms with Gasteiger partial charge < -0.3 is 10.2 Å². The van der Waals surface area contributed by atoms with Crippen LogP contribution in [0.2, 0.25) is 0 Å². The van der Waals surface area contributed by atoms with E-state index in [1.807, 2.05) is 18.7 Å². The Hall–Kier alpha value is -0.570. The molecule has 0 heterocycles. The number of carbonyl (C=O) groups excluding carboxylic acids is 1. The Labute approximate surface area is 75.1 Å². The molecule has 0 atom stereocenters. The quantitative estimate of drug-likeness (QED) is 0.556. The highest BCUT2D eigenvalue weighted by Crippen LogP contribution is 1.90. The third-order valence-electron chi connectivity index (χ3n) is 1.93. The molecule has 0 saturated carbocycles. The minimum Gasteiger partial charge on any atom is -0.345 e. The number of likely N-dealkylation sites (N-methyl/N-ethyl adjacent to an activating group) is 2. The van der Waals surface area contributed by atoms with Crippen LogP contribution in [0.25, 0.3) is 0 Å². The number of carbonyl (C=O) groups is 1. The highest BCUT2D eigenvalue weighted by Gasteiger charge is 2.08. The van der Waals surface area contributed by atoms with Crippen molar-refractivity contribution in [1.29, 1.82) is 0 Å². The summed E-state index contributed by atoms with van der Waals surface area (Å²) < 4.78 is 0. The molecule has 0 bridgehead atoms. The molecule has 72 valence electrons. The van der Waals surface area contributed by atoms with Crippen LogP contribution < -0.4 is 5.32 Å². The van der Waals surface area contributed by atoms with Gasteiger partial charge >= 0.3 is 0 Å². The number of nitrogens with zero attached hydrogens (tertiary/aromatic N) is 1. The Morgan fingerprint density at radius 2 is 2.00 bits per heavy atom. The second-order valence-corrected chi connectivity index (χ2v) is 2.81. The van der Waals surface area contributed by atoms with Gasteiger partial charge in [-0.3, -0.25) is 4.79 Å². The van der Waals surface area contributed by atoms with E-state index in [1.54, 1.807) is 0 Å². The molecule has 0 aromatic carbocycles. The highest BCUT2D eigenvalue weighted by atomic mass is 16.2. The van der Waals surface area contributed by atoms with Crippen molar-refractivity contribution in [2.24, 2.45) is 0 Å². The average Bonchev–Trinajstić information content (AvgIpc) is 2.11. The minimum absolute atomic E-state index is 0.266. The lowest BCUT2D eigenvalue weighted by molar-refractivity contribution is -0.651. The van der Waals surface area contributed by atoms with Gasteiger partial charge in [-0.2, -0.15) is 0 Å². The lowest BCUT2D eigenvalue weighted by Gasteiger charge is -2.18. The van der Waals surface area contributed by atoms with Gasteiger partial charge in [-0.25, -0.2) is 0 Å². The maximum atomic E-state index is 11.2. The molecule has 0 spiro atoms. The number of amides is 1. The maximum Gasteiger partial charge on any atom is 0.222 e. The number of nitrogens with two attached hydrogens (primary N) is 1. The van der Waals surface area contributed by atoms with Crippen molar-refractivity contribution in [3.8, 4) is 0 Å². The number of quaternary nitrogens is 1. The van der Waals surface area contributed by atoms with Crippen molar-refractivity contribution >= 4 is 5.91 Å². The molecular weight excluding hydrogens is 152 g/mol. The van der Waals surface area contributed by atoms with Crippen LogP contribution in [-0.4, -0.2) is 37.0 Å². The van der Waals surface area contributed by atoms with E-state index in [2.05, 4.69) is 12.2 Å². The molecule has 0 rings (SSSR count). The molecule has 12 heavy (non-hydrogen) atoms. The zero-order valence-corrected chi connectivity index (χ0v) is 8.47. The topological polar surface area (TPSA) is 36.9 Å². The summed E-state index contributed by atoms with van der Waals surface area (Å²) in [4.78, 5) is 13.2. The molecule has 0 aromatic rings. The van der Waals surface area contributed by atoms with Crippen LogP contribution >= 0.6 is 0 Å². The molecule has 1 amide bonds. The van der Waals surface area contributed by atoms with Crippen molar-refractivity contribution in [1.82, 2.24) is 4.90 Å². The Bertz CT molecular complexity index is 126. The number of rotatable bonds is 6. The Morgan fingerprint density at radius 1 is 1.33 bits per heavy atom. The largest absolute Gasteiger partial charge is 0.345 e. The van der Waals surface area contributed by atoms with Crippen molar-refractivity contribution in [2.45, 2.75) is 27.2 Å². The van der Waals surface area contributed by atoms with Crippen molar-refractivity contribution in [3.63, 3.8) is 0 Å². The molecule has 0 aliphatic rings. The molecule has 0 radical (unpaired) electrons. The van der Waals surface area contributed by atoms with E-state index >= 15 is 0 Å². The molecule has 0 unspecified atom stereocenters. The fourth-order valence-corrected chi connectivity index (χ4v) is 1.13. The van der Waals surface area contributed by atoms with E-state index in [-0.39, 0.29) is 5.91 Å². The Morgan fingerprint density at radius 3 is 2.42 bits per heavy atom. The standard InChI is InChI=1S/C9H20N2O/c1-4-9(12)11(6-3)8-7-10-5-2/h10H,4-8H2,1-3H3/p+1. The SMILES string of the molecule is CC[NH2+]CCN(CC)C(=O)CC. The van der Waals surface area contributed by atoms with Crippen LogP contribution in [0.5, 0.6) is 0 Å². The first-order chi connectivity index (χ1) is 5.76. The van der Waals surface area contributed by atoms with Crippen LogP contribution in [0, 0.1) is 0 Å². The Kier molecular flexibility index (Phi) is 6.76. The Balaban J connectivity index is 3.60. The molecule has 2 N–H and O–H groups in total. The normalized spacial score (nSPS) is 9.92. The predicted octanol–water partition coefficient (Wildman–Crippen LogP) is -0.172. The van der Waals surface area contributed by atoms with Gasteiger partial charge in [0, 0.05) is 13.0 Å². The molecule has 0 saturated heterocycles. The van der Waals surface area contributed by atoms with Crippen molar-refractivity contribution in [3.05, 3.63) is 0 Å².